The molecule has 1 aromatic heterocycles. The summed E-state index contributed by atoms with van der Waals surface area (Å²) in [6.45, 7) is 12.1. The monoisotopic (exact) mass is 513 g/mol. The molecule has 0 bridgehead atoms. The lowest BCUT2D eigenvalue weighted by atomic mass is 10.00. The second-order valence-electron chi connectivity index (χ2n) is 10.9. The number of rotatable bonds is 7. The Hall–Kier alpha value is -2.58. The maximum Gasteiger partial charge on any atom is 0.318 e. The molecule has 0 aliphatic carbocycles. The summed E-state index contributed by atoms with van der Waals surface area (Å²) < 4.78 is 12.1. The number of nitrogens with zero attached hydrogens (tertiary/aromatic N) is 2. The van der Waals surface area contributed by atoms with Crippen molar-refractivity contribution in [1.82, 2.24) is 15.1 Å². The molecule has 2 aliphatic rings. The second kappa shape index (κ2) is 11.2. The van der Waals surface area contributed by atoms with Gasteiger partial charge >= 0.3 is 6.03 Å². The Balaban J connectivity index is 1.51. The van der Waals surface area contributed by atoms with E-state index in [0.29, 0.717) is 26.3 Å². The first-order valence-electron chi connectivity index (χ1n) is 12.8. The number of urea groups is 1. The van der Waals surface area contributed by atoms with Gasteiger partial charge in [-0.25, -0.2) is 4.79 Å². The summed E-state index contributed by atoms with van der Waals surface area (Å²) in [4.78, 5) is 31.7. The molecule has 1 fully saturated rings. The predicted octanol–water partition coefficient (Wildman–Crippen LogP) is 4.86. The van der Waals surface area contributed by atoms with Gasteiger partial charge in [-0.3, -0.25) is 4.79 Å². The molecule has 4 rings (SSSR count). The van der Waals surface area contributed by atoms with Crippen LogP contribution in [0.3, 0.4) is 0 Å². The number of nitrogens with one attached hydrogen (secondary N) is 1. The number of hydrogen-bond acceptors (Lipinski definition) is 5. The van der Waals surface area contributed by atoms with Crippen LogP contribution in [-0.2, 0) is 16.0 Å². The zero-order valence-electron chi connectivity index (χ0n) is 22.1. The van der Waals surface area contributed by atoms with Crippen molar-refractivity contribution in [3.8, 4) is 5.75 Å². The minimum absolute atomic E-state index is 0.0152. The van der Waals surface area contributed by atoms with E-state index in [9.17, 15) is 9.59 Å². The fraction of sp³-hybridized carbons (Fsp3) is 0.571. The predicted molar refractivity (Wildman–Crippen MR) is 143 cm³/mol. The molecular weight excluding hydrogens is 474 g/mol. The standard InChI is InChI=1S/C28H39N3O4S/c1-19-8-9-24(20(2)15-19)35-18-23-22-11-14-36-25(22)10-12-31(23)26(32)17-30(16-21-7-6-13-34-21)27(33)29-28(3,4)5/h8-9,11,14-15,21,23H,6-7,10,12-13,16-18H2,1-5H3,(H,29,33)/t21-,23-/m1/s1. The molecule has 3 heterocycles. The molecule has 0 unspecified atom stereocenters. The molecular formula is C28H39N3O4S. The van der Waals surface area contributed by atoms with E-state index in [1.54, 1.807) is 16.2 Å². The lowest BCUT2D eigenvalue weighted by molar-refractivity contribution is -0.135. The first-order valence-corrected chi connectivity index (χ1v) is 13.7. The van der Waals surface area contributed by atoms with Gasteiger partial charge in [-0.05, 0) is 82.5 Å². The van der Waals surface area contributed by atoms with E-state index < -0.39 is 5.54 Å². The summed E-state index contributed by atoms with van der Waals surface area (Å²) in [5.74, 6) is 0.767. The van der Waals surface area contributed by atoms with Gasteiger partial charge in [0.2, 0.25) is 5.91 Å². The average molecular weight is 514 g/mol. The van der Waals surface area contributed by atoms with Crippen LogP contribution >= 0.6 is 11.3 Å². The van der Waals surface area contributed by atoms with Gasteiger partial charge < -0.3 is 24.6 Å². The minimum atomic E-state index is -0.395. The quantitative estimate of drug-likeness (QED) is 0.574. The van der Waals surface area contributed by atoms with Crippen molar-refractivity contribution in [1.29, 1.82) is 0 Å². The number of carbonyl (C=O) groups excluding carboxylic acids is 2. The van der Waals surface area contributed by atoms with Crippen molar-refractivity contribution in [2.24, 2.45) is 0 Å². The van der Waals surface area contributed by atoms with Crippen molar-refractivity contribution in [3.05, 3.63) is 51.2 Å². The Kier molecular flexibility index (Phi) is 8.25. The van der Waals surface area contributed by atoms with Gasteiger partial charge in [0.15, 0.2) is 0 Å². The summed E-state index contributed by atoms with van der Waals surface area (Å²) in [6.07, 6.45) is 2.68. The zero-order valence-corrected chi connectivity index (χ0v) is 23.0. The van der Waals surface area contributed by atoms with Gasteiger partial charge in [-0.1, -0.05) is 17.7 Å². The average Bonchev–Trinajstić information content (AvgIpc) is 3.48. The van der Waals surface area contributed by atoms with Gasteiger partial charge in [0.25, 0.3) is 0 Å². The fourth-order valence-corrected chi connectivity index (χ4v) is 5.84. The molecule has 8 heteroatoms. The number of fused-ring (bicyclic) bond motifs is 1. The van der Waals surface area contributed by atoms with Crippen LogP contribution in [0.4, 0.5) is 4.79 Å². The highest BCUT2D eigenvalue weighted by molar-refractivity contribution is 7.10. The van der Waals surface area contributed by atoms with E-state index in [0.717, 1.165) is 36.1 Å². The van der Waals surface area contributed by atoms with Gasteiger partial charge in [0, 0.05) is 30.1 Å². The molecule has 0 radical (unpaired) electrons. The van der Waals surface area contributed by atoms with E-state index in [2.05, 4.69) is 29.8 Å². The van der Waals surface area contributed by atoms with E-state index >= 15 is 0 Å². The first-order chi connectivity index (χ1) is 17.1. The number of hydrogen-bond donors (Lipinski definition) is 1. The molecule has 36 heavy (non-hydrogen) atoms. The maximum atomic E-state index is 13.7. The van der Waals surface area contributed by atoms with Crippen LogP contribution in [0, 0.1) is 13.8 Å². The van der Waals surface area contributed by atoms with E-state index in [1.807, 2.05) is 44.7 Å². The molecule has 1 saturated heterocycles. The SMILES string of the molecule is Cc1ccc(OC[C@@H]2c3ccsc3CCN2C(=O)CN(C[C@H]2CCCO2)C(=O)NC(C)(C)C)c(C)c1. The summed E-state index contributed by atoms with van der Waals surface area (Å²) >= 11 is 1.73. The third-order valence-electron chi connectivity index (χ3n) is 6.69. The van der Waals surface area contributed by atoms with Crippen molar-refractivity contribution >= 4 is 23.3 Å². The van der Waals surface area contributed by atoms with Gasteiger partial charge in [-0.2, -0.15) is 0 Å². The minimum Gasteiger partial charge on any atom is -0.491 e. The lowest BCUT2D eigenvalue weighted by Gasteiger charge is -2.38. The molecule has 2 aromatic rings. The summed E-state index contributed by atoms with van der Waals surface area (Å²) in [6, 6.07) is 7.82. The number of thiophene rings is 1. The number of aryl methyl sites for hydroxylation is 2. The molecule has 2 atom stereocenters. The van der Waals surface area contributed by atoms with Gasteiger partial charge in [-0.15, -0.1) is 11.3 Å². The third-order valence-corrected chi connectivity index (χ3v) is 7.68. The van der Waals surface area contributed by atoms with E-state index in [4.69, 9.17) is 9.47 Å². The largest absolute Gasteiger partial charge is 0.491 e. The summed E-state index contributed by atoms with van der Waals surface area (Å²) in [7, 11) is 0. The Bertz CT molecular complexity index is 1070. The normalized spacial score (nSPS) is 19.6. The van der Waals surface area contributed by atoms with Crippen LogP contribution in [-0.4, -0.2) is 66.2 Å². The molecule has 2 aliphatic heterocycles. The number of benzene rings is 1. The Morgan fingerprint density at radius 1 is 1.25 bits per heavy atom. The Labute approximate surface area is 218 Å². The first kappa shape index (κ1) is 26.5. The fourth-order valence-electron chi connectivity index (χ4n) is 4.91. The van der Waals surface area contributed by atoms with Gasteiger partial charge in [0.1, 0.15) is 18.9 Å². The molecule has 0 saturated carbocycles. The van der Waals surface area contributed by atoms with Crippen LogP contribution in [0.25, 0.3) is 0 Å². The number of ether oxygens (including phenoxy) is 2. The highest BCUT2D eigenvalue weighted by Crippen LogP contribution is 2.34. The summed E-state index contributed by atoms with van der Waals surface area (Å²) in [5, 5.41) is 5.11. The lowest BCUT2D eigenvalue weighted by Crippen LogP contribution is -2.54. The Morgan fingerprint density at radius 2 is 2.06 bits per heavy atom. The summed E-state index contributed by atoms with van der Waals surface area (Å²) in [5.41, 5.74) is 3.02. The van der Waals surface area contributed by atoms with Crippen molar-refractivity contribution in [2.45, 2.75) is 71.6 Å². The highest BCUT2D eigenvalue weighted by atomic mass is 32.1. The second-order valence-corrected chi connectivity index (χ2v) is 11.9. The van der Waals surface area contributed by atoms with Crippen molar-refractivity contribution in [2.75, 3.05) is 32.8 Å². The van der Waals surface area contributed by atoms with Crippen LogP contribution in [0.1, 0.15) is 61.2 Å². The Morgan fingerprint density at radius 3 is 2.75 bits per heavy atom. The van der Waals surface area contributed by atoms with Crippen LogP contribution < -0.4 is 10.1 Å². The molecule has 7 nitrogen and oxygen atoms in total. The maximum absolute atomic E-state index is 13.7. The smallest absolute Gasteiger partial charge is 0.318 e. The number of amides is 3. The molecule has 1 aromatic carbocycles. The molecule has 3 amide bonds. The van der Waals surface area contributed by atoms with Crippen LogP contribution in [0.5, 0.6) is 5.75 Å². The third kappa shape index (κ3) is 6.59. The van der Waals surface area contributed by atoms with Crippen molar-refractivity contribution in [3.63, 3.8) is 0 Å². The van der Waals surface area contributed by atoms with Crippen molar-refractivity contribution < 1.29 is 19.1 Å². The zero-order chi connectivity index (χ0) is 25.9. The van der Waals surface area contributed by atoms with E-state index in [1.165, 1.54) is 10.4 Å². The number of carbonyl (C=O) groups is 2. The van der Waals surface area contributed by atoms with Crippen LogP contribution in [0.15, 0.2) is 29.6 Å². The van der Waals surface area contributed by atoms with Gasteiger partial charge in [0.05, 0.1) is 12.1 Å². The molecule has 0 spiro atoms. The van der Waals surface area contributed by atoms with E-state index in [-0.39, 0.29) is 30.6 Å². The van der Waals surface area contributed by atoms with Crippen LogP contribution in [0.2, 0.25) is 0 Å². The molecule has 1 N–H and O–H groups in total. The topological polar surface area (TPSA) is 71.1 Å². The highest BCUT2D eigenvalue weighted by Gasteiger charge is 2.35. The molecule has 196 valence electrons.